The van der Waals surface area contributed by atoms with Gasteiger partial charge in [0.25, 0.3) is 0 Å². The number of aromatic nitrogens is 1. The molecule has 0 saturated carbocycles. The summed E-state index contributed by atoms with van der Waals surface area (Å²) in [5.41, 5.74) is 3.62. The number of hydrogen-bond acceptors (Lipinski definition) is 1. The van der Waals surface area contributed by atoms with Crippen molar-refractivity contribution in [2.75, 3.05) is 5.32 Å². The van der Waals surface area contributed by atoms with Gasteiger partial charge in [-0.3, -0.25) is 0 Å². The summed E-state index contributed by atoms with van der Waals surface area (Å²) < 4.78 is 15.5. The predicted octanol–water partition coefficient (Wildman–Crippen LogP) is 5.38. The number of carbonyl (C=O) groups excluding carboxylic acids is 1. The Morgan fingerprint density at radius 2 is 2.00 bits per heavy atom. The van der Waals surface area contributed by atoms with E-state index in [-0.39, 0.29) is 17.1 Å². The van der Waals surface area contributed by atoms with Gasteiger partial charge in [0.15, 0.2) is 0 Å². The Hall–Kier alpha value is -2.79. The minimum atomic E-state index is -0.514. The number of halogens is 2. The predicted molar refractivity (Wildman–Crippen MR) is 100 cm³/mol. The maximum atomic E-state index is 13.3. The van der Waals surface area contributed by atoms with Crippen molar-refractivity contribution in [1.82, 2.24) is 9.47 Å². The van der Waals surface area contributed by atoms with E-state index < -0.39 is 5.82 Å². The van der Waals surface area contributed by atoms with Crippen molar-refractivity contribution in [2.24, 2.45) is 0 Å². The van der Waals surface area contributed by atoms with Gasteiger partial charge in [0.1, 0.15) is 5.82 Å². The summed E-state index contributed by atoms with van der Waals surface area (Å²) >= 11 is 5.81. The summed E-state index contributed by atoms with van der Waals surface area (Å²) in [6.45, 7) is 2.47. The van der Waals surface area contributed by atoms with Gasteiger partial charge in [0, 0.05) is 17.6 Å². The number of nitrogens with one attached hydrogen (secondary N) is 1. The first-order valence-corrected chi connectivity index (χ1v) is 8.70. The maximum absolute atomic E-state index is 13.3. The molecule has 1 aliphatic heterocycles. The smallest absolute Gasteiger partial charge is 0.318 e. The Labute approximate surface area is 155 Å². The van der Waals surface area contributed by atoms with Crippen LogP contribution in [0.2, 0.25) is 5.02 Å². The van der Waals surface area contributed by atoms with E-state index in [1.54, 1.807) is 4.90 Å². The molecular weight excluding hydrogens is 353 g/mol. The molecule has 4 nitrogen and oxygen atoms in total. The van der Waals surface area contributed by atoms with Crippen LogP contribution in [0.4, 0.5) is 14.9 Å². The first kappa shape index (κ1) is 16.7. The second kappa shape index (κ2) is 6.50. The van der Waals surface area contributed by atoms with Gasteiger partial charge in [-0.1, -0.05) is 29.8 Å². The lowest BCUT2D eigenvalue weighted by Crippen LogP contribution is -2.36. The fourth-order valence-corrected chi connectivity index (χ4v) is 3.51. The first-order valence-electron chi connectivity index (χ1n) is 8.33. The van der Waals surface area contributed by atoms with Gasteiger partial charge < -0.3 is 14.8 Å². The van der Waals surface area contributed by atoms with E-state index in [0.29, 0.717) is 12.2 Å². The summed E-state index contributed by atoms with van der Waals surface area (Å²) in [4.78, 5) is 14.7. The van der Waals surface area contributed by atoms with Crippen molar-refractivity contribution in [3.63, 3.8) is 0 Å². The molecule has 1 atom stereocenters. The number of anilines is 1. The normalized spacial score (nSPS) is 15.8. The van der Waals surface area contributed by atoms with Crippen LogP contribution in [0.15, 0.2) is 60.8 Å². The molecule has 1 aromatic heterocycles. The molecule has 1 aliphatic rings. The zero-order valence-corrected chi connectivity index (χ0v) is 14.9. The molecule has 0 saturated heterocycles. The van der Waals surface area contributed by atoms with Gasteiger partial charge in [0.05, 0.1) is 23.3 Å². The van der Waals surface area contributed by atoms with Crippen molar-refractivity contribution >= 4 is 23.3 Å². The standard InChI is InChI=1S/C20H17ClFN3O/c1-13-18-7-4-10-24(18)19-6-3-2-5-14(19)12-25(13)20(26)23-15-8-9-17(22)16(21)11-15/h2-11,13H,12H2,1H3,(H,23,26)/t13-/m1/s1. The Balaban J connectivity index is 1.68. The van der Waals surface area contributed by atoms with E-state index in [2.05, 4.69) is 9.88 Å². The summed E-state index contributed by atoms with van der Waals surface area (Å²) in [7, 11) is 0. The number of benzene rings is 2. The number of urea groups is 1. The highest BCUT2D eigenvalue weighted by Gasteiger charge is 2.28. The molecule has 26 heavy (non-hydrogen) atoms. The molecule has 2 aromatic carbocycles. The molecule has 0 bridgehead atoms. The molecule has 4 rings (SSSR count). The molecule has 0 spiro atoms. The Kier molecular flexibility index (Phi) is 4.17. The number of fused-ring (bicyclic) bond motifs is 3. The Bertz CT molecular complexity index is 985. The number of nitrogens with zero attached hydrogens (tertiary/aromatic N) is 2. The van der Waals surface area contributed by atoms with Crippen molar-refractivity contribution in [2.45, 2.75) is 19.5 Å². The molecule has 6 heteroatoms. The fourth-order valence-electron chi connectivity index (χ4n) is 3.33. The first-order chi connectivity index (χ1) is 12.5. The van der Waals surface area contributed by atoms with Gasteiger partial charge in [-0.25, -0.2) is 9.18 Å². The summed E-state index contributed by atoms with van der Waals surface area (Å²) in [5, 5.41) is 2.80. The summed E-state index contributed by atoms with van der Waals surface area (Å²) in [6.07, 6.45) is 2.01. The maximum Gasteiger partial charge on any atom is 0.322 e. The monoisotopic (exact) mass is 369 g/mol. The number of amides is 2. The second-order valence-electron chi connectivity index (χ2n) is 6.29. The molecule has 2 amide bonds. The number of para-hydroxylation sites is 1. The van der Waals surface area contributed by atoms with E-state index >= 15 is 0 Å². The van der Waals surface area contributed by atoms with Gasteiger partial charge in [0.2, 0.25) is 0 Å². The molecule has 0 radical (unpaired) electrons. The lowest BCUT2D eigenvalue weighted by Gasteiger charge is -2.27. The highest BCUT2D eigenvalue weighted by Crippen LogP contribution is 2.32. The minimum Gasteiger partial charge on any atom is -0.318 e. The van der Waals surface area contributed by atoms with Gasteiger partial charge >= 0.3 is 6.03 Å². The Morgan fingerprint density at radius 3 is 2.81 bits per heavy atom. The summed E-state index contributed by atoms with van der Waals surface area (Å²) in [5.74, 6) is -0.514. The molecule has 2 heterocycles. The highest BCUT2D eigenvalue weighted by molar-refractivity contribution is 6.31. The minimum absolute atomic E-state index is 0.0223. The van der Waals surface area contributed by atoms with Crippen LogP contribution < -0.4 is 5.32 Å². The van der Waals surface area contributed by atoms with E-state index in [1.807, 2.05) is 49.5 Å². The number of hydrogen-bond donors (Lipinski definition) is 1. The quantitative estimate of drug-likeness (QED) is 0.614. The zero-order valence-electron chi connectivity index (χ0n) is 14.1. The molecule has 3 aromatic rings. The lowest BCUT2D eigenvalue weighted by atomic mass is 10.1. The van der Waals surface area contributed by atoms with E-state index in [4.69, 9.17) is 11.6 Å². The number of carbonyl (C=O) groups is 1. The molecule has 132 valence electrons. The van der Waals surface area contributed by atoms with Crippen molar-refractivity contribution in [3.05, 3.63) is 82.9 Å². The second-order valence-corrected chi connectivity index (χ2v) is 6.70. The Morgan fingerprint density at radius 1 is 1.19 bits per heavy atom. The molecular formula is C20H17ClFN3O. The molecule has 1 N–H and O–H groups in total. The zero-order chi connectivity index (χ0) is 18.3. The average molecular weight is 370 g/mol. The van der Waals surface area contributed by atoms with E-state index in [1.165, 1.54) is 18.2 Å². The van der Waals surface area contributed by atoms with Crippen molar-refractivity contribution in [3.8, 4) is 5.69 Å². The van der Waals surface area contributed by atoms with E-state index in [0.717, 1.165) is 16.9 Å². The largest absolute Gasteiger partial charge is 0.322 e. The molecule has 0 aliphatic carbocycles. The van der Waals surface area contributed by atoms with Crippen LogP contribution in [0, 0.1) is 5.82 Å². The van der Waals surface area contributed by atoms with Crippen LogP contribution in [0.5, 0.6) is 0 Å². The van der Waals surface area contributed by atoms with Crippen LogP contribution in [0.3, 0.4) is 0 Å². The van der Waals surface area contributed by atoms with E-state index in [9.17, 15) is 9.18 Å². The third-order valence-corrected chi connectivity index (χ3v) is 4.99. The van der Waals surface area contributed by atoms with Gasteiger partial charge in [-0.2, -0.15) is 0 Å². The fraction of sp³-hybridized carbons (Fsp3) is 0.150. The third-order valence-electron chi connectivity index (χ3n) is 4.70. The average Bonchev–Trinajstić information content (AvgIpc) is 3.08. The van der Waals surface area contributed by atoms with Crippen molar-refractivity contribution in [1.29, 1.82) is 0 Å². The molecule has 0 unspecified atom stereocenters. The lowest BCUT2D eigenvalue weighted by molar-refractivity contribution is 0.189. The van der Waals surface area contributed by atoms with Crippen LogP contribution in [0.25, 0.3) is 5.69 Å². The number of rotatable bonds is 1. The van der Waals surface area contributed by atoms with Crippen LogP contribution >= 0.6 is 11.6 Å². The van der Waals surface area contributed by atoms with Gasteiger partial charge in [-0.15, -0.1) is 0 Å². The van der Waals surface area contributed by atoms with Crippen LogP contribution in [-0.4, -0.2) is 15.5 Å². The van der Waals surface area contributed by atoms with Crippen LogP contribution in [0.1, 0.15) is 24.2 Å². The highest BCUT2D eigenvalue weighted by atomic mass is 35.5. The molecule has 0 fully saturated rings. The van der Waals surface area contributed by atoms with Crippen molar-refractivity contribution < 1.29 is 9.18 Å². The topological polar surface area (TPSA) is 37.3 Å². The SMILES string of the molecule is C[C@@H]1c2cccn2-c2ccccc2CN1C(=O)Nc1ccc(F)c(Cl)c1. The van der Waals surface area contributed by atoms with Crippen LogP contribution in [-0.2, 0) is 6.54 Å². The summed E-state index contributed by atoms with van der Waals surface area (Å²) in [6, 6.07) is 15.8. The van der Waals surface area contributed by atoms with Gasteiger partial charge in [-0.05, 0) is 48.9 Å². The third kappa shape index (κ3) is 2.84.